The van der Waals surface area contributed by atoms with E-state index in [-0.39, 0.29) is 28.8 Å². The quantitative estimate of drug-likeness (QED) is 0.183. The van der Waals surface area contributed by atoms with E-state index >= 15 is 0 Å². The average Bonchev–Trinajstić information content (AvgIpc) is 3.80. The van der Waals surface area contributed by atoms with Gasteiger partial charge in [0.1, 0.15) is 35.9 Å². The highest BCUT2D eigenvalue weighted by Gasteiger charge is 2.57. The second-order valence-corrected chi connectivity index (χ2v) is 16.1. The minimum Gasteiger partial charge on any atom is -0.382 e. The molecule has 7 rings (SSSR count). The molecule has 6 N–H and O–H groups in total. The molecule has 23 heteroatoms. The Hall–Kier alpha value is -3.36. The SMILES string of the molecule is CC(C)CNc1nc2c(ncn2C2OC3COP(=O)(O)OC4C(C)C(n5cnc6c(N)ncnc65)OC4(C)COP(=O)(O)OC2C3C)c(=O)[nH]1. The summed E-state index contributed by atoms with van der Waals surface area (Å²) in [7, 11) is -9.77. The summed E-state index contributed by atoms with van der Waals surface area (Å²) in [5.74, 6) is -0.841. The lowest BCUT2D eigenvalue weighted by molar-refractivity contribution is -0.117. The zero-order chi connectivity index (χ0) is 35.7. The molecule has 0 amide bonds. The number of H-pyrrole nitrogens is 1. The number of aromatic nitrogens is 8. The summed E-state index contributed by atoms with van der Waals surface area (Å²) in [6.45, 7) is 8.24. The van der Waals surface area contributed by atoms with Gasteiger partial charge in [-0.3, -0.25) is 37.0 Å². The lowest BCUT2D eigenvalue weighted by Crippen LogP contribution is -2.43. The number of nitrogens with zero attached hydrogens (tertiary/aromatic N) is 7. The summed E-state index contributed by atoms with van der Waals surface area (Å²) >= 11 is 0. The topological polar surface area (TPSA) is 275 Å². The number of anilines is 2. The highest BCUT2D eigenvalue weighted by atomic mass is 31.2. The third-order valence-electron chi connectivity index (χ3n) is 9.08. The van der Waals surface area contributed by atoms with Gasteiger partial charge in [0, 0.05) is 18.4 Å². The Balaban J connectivity index is 1.21. The highest BCUT2D eigenvalue weighted by Crippen LogP contribution is 2.57. The number of nitrogens with two attached hydrogens (primary N) is 1. The van der Waals surface area contributed by atoms with Crippen LogP contribution in [0.4, 0.5) is 11.8 Å². The molecule has 7 heterocycles. The van der Waals surface area contributed by atoms with Gasteiger partial charge in [-0.1, -0.05) is 27.7 Å². The molecule has 10 atom stereocenters. The first-order valence-electron chi connectivity index (χ1n) is 15.8. The van der Waals surface area contributed by atoms with Gasteiger partial charge >= 0.3 is 15.6 Å². The maximum Gasteiger partial charge on any atom is 0.472 e. The Bertz CT molecular complexity index is 2070. The van der Waals surface area contributed by atoms with Crippen LogP contribution in [0.25, 0.3) is 22.3 Å². The number of hydrogen-bond acceptors (Lipinski definition) is 16. The molecule has 0 radical (unpaired) electrons. The third kappa shape index (κ3) is 6.36. The summed E-state index contributed by atoms with van der Waals surface area (Å²) in [6.07, 6.45) is -1.53. The second kappa shape index (κ2) is 12.7. The number of ether oxygens (including phenoxy) is 2. The summed E-state index contributed by atoms with van der Waals surface area (Å²) in [5.41, 5.74) is 4.56. The van der Waals surface area contributed by atoms with E-state index in [9.17, 15) is 23.7 Å². The predicted molar refractivity (Wildman–Crippen MR) is 173 cm³/mol. The molecular formula is C27H38N10O11P2. The number of phosphoric acid groups is 2. The van der Waals surface area contributed by atoms with Gasteiger partial charge in [0.15, 0.2) is 28.9 Å². The van der Waals surface area contributed by atoms with Crippen molar-refractivity contribution in [3.63, 3.8) is 0 Å². The number of imidazole rings is 2. The Kier molecular flexibility index (Phi) is 8.90. The maximum atomic E-state index is 13.7. The Labute approximate surface area is 284 Å². The molecule has 272 valence electrons. The van der Waals surface area contributed by atoms with Crippen LogP contribution in [0, 0.1) is 17.8 Å². The fraction of sp³-hybridized carbons (Fsp3) is 0.630. The van der Waals surface area contributed by atoms with Crippen molar-refractivity contribution in [1.82, 2.24) is 39.0 Å². The Morgan fingerprint density at radius 1 is 1.02 bits per heavy atom. The molecule has 50 heavy (non-hydrogen) atoms. The number of nitrogens with one attached hydrogen (secondary N) is 2. The minimum atomic E-state index is -4.92. The monoisotopic (exact) mass is 740 g/mol. The summed E-state index contributed by atoms with van der Waals surface area (Å²) in [6, 6.07) is 0. The molecule has 0 spiro atoms. The van der Waals surface area contributed by atoms with E-state index in [2.05, 4.69) is 35.2 Å². The van der Waals surface area contributed by atoms with Crippen LogP contribution in [0.2, 0.25) is 0 Å². The standard InChI is InChI=1S/C27H38N10O11P2/c1-12(2)6-29-26-34-22-17(23(38)35-26)33-11-37(22)25-18-13(3)15(45-25)7-43-49(39,40)48-19-14(4)24(46-27(19,5)8-44-50(41,42)47-18)36-10-32-16-20(28)30-9-31-21(16)36/h9-15,18-19,24-25H,6-8H2,1-5H3,(H,39,40)(H,41,42)(H2,28,30,31)(H2,29,34,35,38). The zero-order valence-corrected chi connectivity index (χ0v) is 29.4. The van der Waals surface area contributed by atoms with Gasteiger partial charge in [0.2, 0.25) is 5.95 Å². The Morgan fingerprint density at radius 3 is 2.46 bits per heavy atom. The molecule has 3 saturated heterocycles. The molecular weight excluding hydrogens is 702 g/mol. The van der Waals surface area contributed by atoms with E-state index in [1.807, 2.05) is 13.8 Å². The number of aromatic amines is 1. The van der Waals surface area contributed by atoms with Crippen LogP contribution in [0.5, 0.6) is 0 Å². The molecule has 4 aromatic rings. The molecule has 0 aliphatic carbocycles. The van der Waals surface area contributed by atoms with E-state index in [1.54, 1.807) is 18.4 Å². The van der Waals surface area contributed by atoms with Gasteiger partial charge in [-0.2, -0.15) is 4.98 Å². The average molecular weight is 741 g/mol. The van der Waals surface area contributed by atoms with Crippen LogP contribution in [0.15, 0.2) is 23.8 Å². The highest BCUT2D eigenvalue weighted by molar-refractivity contribution is 7.47. The van der Waals surface area contributed by atoms with Crippen LogP contribution in [0.1, 0.15) is 47.1 Å². The van der Waals surface area contributed by atoms with Gasteiger partial charge < -0.3 is 30.3 Å². The molecule has 0 saturated carbocycles. The molecule has 3 aliphatic heterocycles. The fourth-order valence-electron chi connectivity index (χ4n) is 6.49. The number of hydrogen-bond donors (Lipinski definition) is 5. The molecule has 3 aliphatic rings. The van der Waals surface area contributed by atoms with Crippen molar-refractivity contribution in [2.75, 3.05) is 30.8 Å². The largest absolute Gasteiger partial charge is 0.472 e. The van der Waals surface area contributed by atoms with Crippen molar-refractivity contribution in [2.45, 2.75) is 71.0 Å². The zero-order valence-electron chi connectivity index (χ0n) is 27.6. The first-order chi connectivity index (χ1) is 23.6. The van der Waals surface area contributed by atoms with Crippen molar-refractivity contribution in [1.29, 1.82) is 0 Å². The number of fused-ring (bicyclic) bond motifs is 5. The van der Waals surface area contributed by atoms with Crippen LogP contribution < -0.4 is 16.6 Å². The lowest BCUT2D eigenvalue weighted by atomic mass is 9.93. The molecule has 0 aromatic carbocycles. The molecule has 21 nitrogen and oxygen atoms in total. The van der Waals surface area contributed by atoms with Crippen molar-refractivity contribution in [2.24, 2.45) is 17.8 Å². The van der Waals surface area contributed by atoms with E-state index in [4.69, 9.17) is 33.3 Å². The van der Waals surface area contributed by atoms with Gasteiger partial charge in [0.05, 0.1) is 32.0 Å². The normalized spacial score (nSPS) is 36.7. The van der Waals surface area contributed by atoms with Crippen LogP contribution in [0.3, 0.4) is 0 Å². The fourth-order valence-corrected chi connectivity index (χ4v) is 8.68. The first-order valence-corrected chi connectivity index (χ1v) is 18.8. The second-order valence-electron chi connectivity index (χ2n) is 13.3. The van der Waals surface area contributed by atoms with Crippen molar-refractivity contribution in [3.8, 4) is 0 Å². The summed E-state index contributed by atoms with van der Waals surface area (Å²) in [5, 5.41) is 3.06. The van der Waals surface area contributed by atoms with Gasteiger partial charge in [-0.05, 0) is 12.8 Å². The van der Waals surface area contributed by atoms with Crippen LogP contribution in [-0.2, 0) is 36.7 Å². The molecule has 3 fully saturated rings. The first kappa shape index (κ1) is 35.1. The molecule has 10 unspecified atom stereocenters. The van der Waals surface area contributed by atoms with E-state index < -0.39 is 82.6 Å². The van der Waals surface area contributed by atoms with E-state index in [1.165, 1.54) is 30.5 Å². The molecule has 2 bridgehead atoms. The van der Waals surface area contributed by atoms with Crippen LogP contribution >= 0.6 is 15.6 Å². The van der Waals surface area contributed by atoms with Crippen LogP contribution in [-0.4, -0.2) is 92.5 Å². The van der Waals surface area contributed by atoms with Gasteiger partial charge in [0.25, 0.3) is 5.56 Å². The predicted octanol–water partition coefficient (Wildman–Crippen LogP) is 2.08. The maximum absolute atomic E-state index is 13.7. The smallest absolute Gasteiger partial charge is 0.382 e. The number of rotatable bonds is 5. The lowest BCUT2D eigenvalue weighted by Gasteiger charge is -2.32. The van der Waals surface area contributed by atoms with Gasteiger partial charge in [-0.15, -0.1) is 0 Å². The number of phosphoric ester groups is 2. The third-order valence-corrected chi connectivity index (χ3v) is 11.0. The number of nitrogen functional groups attached to an aromatic ring is 1. The van der Waals surface area contributed by atoms with Gasteiger partial charge in [-0.25, -0.2) is 29.1 Å². The van der Waals surface area contributed by atoms with Crippen molar-refractivity contribution < 1.29 is 46.5 Å². The summed E-state index contributed by atoms with van der Waals surface area (Å²) < 4.78 is 65.2. The van der Waals surface area contributed by atoms with E-state index in [0.717, 1.165) is 0 Å². The van der Waals surface area contributed by atoms with Crippen molar-refractivity contribution >= 4 is 49.7 Å². The van der Waals surface area contributed by atoms with Crippen molar-refractivity contribution in [3.05, 3.63) is 29.3 Å². The Morgan fingerprint density at radius 2 is 1.72 bits per heavy atom. The molecule has 4 aromatic heterocycles. The minimum absolute atomic E-state index is 0.0123. The van der Waals surface area contributed by atoms with E-state index in [0.29, 0.717) is 17.7 Å². The summed E-state index contributed by atoms with van der Waals surface area (Å²) in [4.78, 5) is 58.8.